The second kappa shape index (κ2) is 6.36. The van der Waals surface area contributed by atoms with Gasteiger partial charge in [-0.15, -0.1) is 11.3 Å². The molecule has 124 valence electrons. The zero-order valence-electron chi connectivity index (χ0n) is 13.7. The number of aryl methyl sites for hydroxylation is 3. The van der Waals surface area contributed by atoms with Gasteiger partial charge in [-0.1, -0.05) is 6.07 Å². The minimum Gasteiger partial charge on any atom is -0.349 e. The molecule has 24 heavy (non-hydrogen) atoms. The molecule has 0 radical (unpaired) electrons. The lowest BCUT2D eigenvalue weighted by atomic mass is 10.0. The maximum Gasteiger partial charge on any atom is 0.226 e. The number of amides is 1. The van der Waals surface area contributed by atoms with Gasteiger partial charge in [-0.3, -0.25) is 4.79 Å². The van der Waals surface area contributed by atoms with Gasteiger partial charge in [-0.2, -0.15) is 0 Å². The molecule has 3 aromatic heterocycles. The van der Waals surface area contributed by atoms with Gasteiger partial charge in [0.1, 0.15) is 10.7 Å². The van der Waals surface area contributed by atoms with Crippen LogP contribution in [0.3, 0.4) is 0 Å². The van der Waals surface area contributed by atoms with Crippen LogP contribution in [0.25, 0.3) is 5.65 Å². The van der Waals surface area contributed by atoms with Crippen molar-refractivity contribution in [2.45, 2.75) is 45.6 Å². The molecule has 0 bridgehead atoms. The highest BCUT2D eigenvalue weighted by molar-refractivity contribution is 7.11. The highest BCUT2D eigenvalue weighted by Gasteiger charge is 2.16. The van der Waals surface area contributed by atoms with Crippen molar-refractivity contribution >= 4 is 22.9 Å². The Morgan fingerprint density at radius 2 is 2.25 bits per heavy atom. The monoisotopic (exact) mass is 340 g/mol. The predicted octanol–water partition coefficient (Wildman–Crippen LogP) is 2.84. The van der Waals surface area contributed by atoms with Crippen LogP contribution in [0.2, 0.25) is 0 Å². The molecule has 0 spiro atoms. The number of imidazole rings is 1. The standard InChI is InChI=1S/C18H20N4OS/c1-12-5-4-8-22-13(10-20-18(12)22)9-16(23)19-11-17-21-14-6-2-3-7-15(14)24-17/h4-5,8,10H,2-3,6-7,9,11H2,1H3,(H,19,23). The van der Waals surface area contributed by atoms with Crippen molar-refractivity contribution in [2.24, 2.45) is 0 Å². The first-order valence-corrected chi connectivity index (χ1v) is 9.18. The van der Waals surface area contributed by atoms with E-state index >= 15 is 0 Å². The lowest BCUT2D eigenvalue weighted by molar-refractivity contribution is -0.120. The van der Waals surface area contributed by atoms with E-state index in [2.05, 4.69) is 15.3 Å². The molecule has 1 aliphatic carbocycles. The first-order chi connectivity index (χ1) is 11.7. The second-order valence-corrected chi connectivity index (χ2v) is 7.44. The SMILES string of the molecule is Cc1cccn2c(CC(=O)NCc3nc4c(s3)CCCC4)cnc12. The molecule has 1 N–H and O–H groups in total. The maximum absolute atomic E-state index is 12.3. The van der Waals surface area contributed by atoms with Gasteiger partial charge < -0.3 is 9.72 Å². The van der Waals surface area contributed by atoms with Gasteiger partial charge in [0.15, 0.2) is 0 Å². The van der Waals surface area contributed by atoms with Gasteiger partial charge in [-0.25, -0.2) is 9.97 Å². The Hall–Kier alpha value is -2.21. The third kappa shape index (κ3) is 2.94. The number of carbonyl (C=O) groups is 1. The summed E-state index contributed by atoms with van der Waals surface area (Å²) in [6.45, 7) is 2.54. The molecular weight excluding hydrogens is 320 g/mol. The first-order valence-electron chi connectivity index (χ1n) is 8.36. The maximum atomic E-state index is 12.3. The van der Waals surface area contributed by atoms with Crippen molar-refractivity contribution in [2.75, 3.05) is 0 Å². The third-order valence-electron chi connectivity index (χ3n) is 4.48. The molecular formula is C18H20N4OS. The summed E-state index contributed by atoms with van der Waals surface area (Å²) in [5, 5.41) is 4.01. The Kier molecular flexibility index (Phi) is 4.06. The number of aromatic nitrogens is 3. The number of carbonyl (C=O) groups excluding carboxylic acids is 1. The van der Waals surface area contributed by atoms with Crippen molar-refractivity contribution in [3.63, 3.8) is 0 Å². The molecule has 0 aromatic carbocycles. The number of hydrogen-bond acceptors (Lipinski definition) is 4. The lowest BCUT2D eigenvalue weighted by Gasteiger charge is -2.06. The van der Waals surface area contributed by atoms with E-state index in [0.717, 1.165) is 34.8 Å². The van der Waals surface area contributed by atoms with E-state index in [-0.39, 0.29) is 5.91 Å². The zero-order valence-corrected chi connectivity index (χ0v) is 14.5. The van der Waals surface area contributed by atoms with Crippen molar-refractivity contribution in [3.8, 4) is 0 Å². The normalized spacial score (nSPS) is 13.9. The average Bonchev–Trinajstić information content (AvgIpc) is 3.18. The van der Waals surface area contributed by atoms with E-state index in [1.165, 1.54) is 23.4 Å². The van der Waals surface area contributed by atoms with Crippen molar-refractivity contribution < 1.29 is 4.79 Å². The molecule has 6 heteroatoms. The fourth-order valence-electron chi connectivity index (χ4n) is 3.22. The van der Waals surface area contributed by atoms with Crippen molar-refractivity contribution in [3.05, 3.63) is 51.4 Å². The van der Waals surface area contributed by atoms with Gasteiger partial charge >= 0.3 is 0 Å². The summed E-state index contributed by atoms with van der Waals surface area (Å²) in [7, 11) is 0. The number of nitrogens with one attached hydrogen (secondary N) is 1. The Labute approximate surface area is 144 Å². The van der Waals surface area contributed by atoms with Gasteiger partial charge in [0.2, 0.25) is 5.91 Å². The lowest BCUT2D eigenvalue weighted by Crippen LogP contribution is -2.25. The third-order valence-corrected chi connectivity index (χ3v) is 5.63. The highest BCUT2D eigenvalue weighted by Crippen LogP contribution is 2.26. The van der Waals surface area contributed by atoms with Crippen LogP contribution in [0.1, 0.15) is 39.7 Å². The van der Waals surface area contributed by atoms with Gasteiger partial charge in [-0.05, 0) is 44.2 Å². The van der Waals surface area contributed by atoms with Crippen LogP contribution >= 0.6 is 11.3 Å². The van der Waals surface area contributed by atoms with E-state index in [1.54, 1.807) is 17.5 Å². The molecule has 3 aromatic rings. The van der Waals surface area contributed by atoms with Crippen LogP contribution in [0, 0.1) is 6.92 Å². The minimum absolute atomic E-state index is 0.00600. The Balaban J connectivity index is 1.41. The van der Waals surface area contributed by atoms with E-state index in [4.69, 9.17) is 0 Å². The molecule has 5 nitrogen and oxygen atoms in total. The Morgan fingerprint density at radius 1 is 1.38 bits per heavy atom. The molecule has 0 fully saturated rings. The van der Waals surface area contributed by atoms with Crippen molar-refractivity contribution in [1.82, 2.24) is 19.7 Å². The minimum atomic E-state index is 0.00600. The van der Waals surface area contributed by atoms with Gasteiger partial charge in [0.25, 0.3) is 0 Å². The molecule has 0 saturated carbocycles. The summed E-state index contributed by atoms with van der Waals surface area (Å²) in [5.41, 5.74) is 4.17. The molecule has 0 unspecified atom stereocenters. The number of nitrogens with zero attached hydrogens (tertiary/aromatic N) is 3. The van der Waals surface area contributed by atoms with Crippen molar-refractivity contribution in [1.29, 1.82) is 0 Å². The Bertz CT molecular complexity index is 872. The van der Waals surface area contributed by atoms with E-state index in [1.807, 2.05) is 29.7 Å². The van der Waals surface area contributed by atoms with Crippen LogP contribution in [-0.4, -0.2) is 20.3 Å². The topological polar surface area (TPSA) is 59.3 Å². The van der Waals surface area contributed by atoms with Gasteiger partial charge in [0.05, 0.1) is 24.4 Å². The fraction of sp³-hybridized carbons (Fsp3) is 0.389. The van der Waals surface area contributed by atoms with E-state index < -0.39 is 0 Å². The smallest absolute Gasteiger partial charge is 0.226 e. The molecule has 0 atom stereocenters. The Morgan fingerprint density at radius 3 is 3.12 bits per heavy atom. The van der Waals surface area contributed by atoms with Crippen LogP contribution in [0.15, 0.2) is 24.5 Å². The molecule has 1 aliphatic rings. The summed E-state index contributed by atoms with van der Waals surface area (Å²) in [4.78, 5) is 22.8. The molecule has 0 aliphatic heterocycles. The van der Waals surface area contributed by atoms with E-state index in [9.17, 15) is 4.79 Å². The van der Waals surface area contributed by atoms with Crippen LogP contribution in [0.4, 0.5) is 0 Å². The average molecular weight is 340 g/mol. The van der Waals surface area contributed by atoms with Gasteiger partial charge in [0, 0.05) is 17.3 Å². The van der Waals surface area contributed by atoms with Crippen LogP contribution in [-0.2, 0) is 30.6 Å². The summed E-state index contributed by atoms with van der Waals surface area (Å²) in [6.07, 6.45) is 8.78. The zero-order chi connectivity index (χ0) is 16.5. The molecule has 1 amide bonds. The molecule has 4 rings (SSSR count). The number of rotatable bonds is 4. The van der Waals surface area contributed by atoms with Crippen LogP contribution in [0.5, 0.6) is 0 Å². The summed E-state index contributed by atoms with van der Waals surface area (Å²) >= 11 is 1.75. The molecule has 0 saturated heterocycles. The summed E-state index contributed by atoms with van der Waals surface area (Å²) in [5.74, 6) is 0.00600. The number of thiazole rings is 1. The summed E-state index contributed by atoms with van der Waals surface area (Å²) < 4.78 is 1.98. The quantitative estimate of drug-likeness (QED) is 0.794. The molecule has 3 heterocycles. The summed E-state index contributed by atoms with van der Waals surface area (Å²) in [6, 6.07) is 4.00. The number of pyridine rings is 1. The fourth-order valence-corrected chi connectivity index (χ4v) is 4.31. The predicted molar refractivity (Wildman–Crippen MR) is 94.2 cm³/mol. The highest BCUT2D eigenvalue weighted by atomic mass is 32.1. The van der Waals surface area contributed by atoms with E-state index in [0.29, 0.717) is 13.0 Å². The van der Waals surface area contributed by atoms with Crippen LogP contribution < -0.4 is 5.32 Å². The number of fused-ring (bicyclic) bond motifs is 2. The number of hydrogen-bond donors (Lipinski definition) is 1. The first kappa shape index (κ1) is 15.3. The largest absolute Gasteiger partial charge is 0.349 e. The second-order valence-electron chi connectivity index (χ2n) is 6.27.